The summed E-state index contributed by atoms with van der Waals surface area (Å²) >= 11 is 0. The predicted molar refractivity (Wildman–Crippen MR) is 159 cm³/mol. The zero-order chi connectivity index (χ0) is 34.8. The Bertz CT molecular complexity index is 1010. The number of ether oxygens (including phenoxy) is 4. The van der Waals surface area contributed by atoms with Gasteiger partial charge in [-0.1, -0.05) is 0 Å². The average Bonchev–Trinajstić information content (AvgIpc) is 3.01. The van der Waals surface area contributed by atoms with E-state index in [0.717, 1.165) is 0 Å². The minimum Gasteiger partial charge on any atom is -0.394 e. The summed E-state index contributed by atoms with van der Waals surface area (Å²) < 4.78 is 23.2. The summed E-state index contributed by atoms with van der Waals surface area (Å²) in [6.45, 7) is -0.377. The van der Waals surface area contributed by atoms with Crippen LogP contribution in [0, 0.1) is 5.92 Å². The van der Waals surface area contributed by atoms with Crippen LogP contribution in [0.1, 0.15) is 32.1 Å². The molecule has 18 N–H and O–H groups in total. The maximum atomic E-state index is 13.2. The number of hydrogen-bond acceptors (Lipinski definition) is 19. The smallest absolute Gasteiger partial charge is 0.187 e. The van der Waals surface area contributed by atoms with Gasteiger partial charge in [0.25, 0.3) is 0 Å². The standard InChI is InChI=1S/C28H53N5O14/c29-2-1-12(35)7-33-8-14-19(38)21(40)22(41)27(44-14)47-25-13(31)3-10(4-16(36)28(43)5-11(30)6-28)24(23(25)42)46-26-20(39)17(32)18(37)15(9-34)45-26/h10-15,17-27,33-35,37-43H,1-9,29-32H2/t10-,11?,12?,13-,14+,15+,17-,18+,19+,20+,21-,22+,23+,24-,25?,26+,27+,28?/m0/s1. The number of Topliss-reactive ketones (excluding diaryl/α,β-unsaturated/α-hetero) is 1. The summed E-state index contributed by atoms with van der Waals surface area (Å²) in [5.74, 6) is -1.43. The molecule has 0 amide bonds. The molecule has 19 heteroatoms. The van der Waals surface area contributed by atoms with Crippen molar-refractivity contribution in [3.05, 3.63) is 0 Å². The van der Waals surface area contributed by atoms with Crippen molar-refractivity contribution in [3.63, 3.8) is 0 Å². The quantitative estimate of drug-likeness (QED) is 0.0808. The van der Waals surface area contributed by atoms with E-state index in [1.165, 1.54) is 0 Å². The molecule has 4 aliphatic rings. The van der Waals surface area contributed by atoms with Gasteiger partial charge in [-0.25, -0.2) is 0 Å². The molecule has 2 saturated heterocycles. The van der Waals surface area contributed by atoms with Gasteiger partial charge in [0, 0.05) is 31.6 Å². The van der Waals surface area contributed by atoms with Crippen LogP contribution in [0.25, 0.3) is 0 Å². The molecule has 0 spiro atoms. The van der Waals surface area contributed by atoms with E-state index in [1.807, 2.05) is 0 Å². The molecule has 2 aliphatic carbocycles. The largest absolute Gasteiger partial charge is 0.394 e. The summed E-state index contributed by atoms with van der Waals surface area (Å²) in [4.78, 5) is 13.2. The molecule has 0 radical (unpaired) electrons. The van der Waals surface area contributed by atoms with Crippen LogP contribution >= 0.6 is 0 Å². The van der Waals surface area contributed by atoms with Crippen molar-refractivity contribution < 1.29 is 69.7 Å². The van der Waals surface area contributed by atoms with Gasteiger partial charge in [-0.3, -0.25) is 4.79 Å². The maximum Gasteiger partial charge on any atom is 0.187 e. The van der Waals surface area contributed by atoms with E-state index >= 15 is 0 Å². The Hall–Kier alpha value is -1.05. The van der Waals surface area contributed by atoms with Gasteiger partial charge in [0.1, 0.15) is 60.5 Å². The van der Waals surface area contributed by atoms with Gasteiger partial charge in [0.2, 0.25) is 0 Å². The minimum atomic E-state index is -1.78. The van der Waals surface area contributed by atoms with E-state index in [4.69, 9.17) is 41.9 Å². The first-order valence-corrected chi connectivity index (χ1v) is 16.0. The molecule has 4 rings (SSSR count). The molecule has 2 saturated carbocycles. The molecular weight excluding hydrogens is 630 g/mol. The van der Waals surface area contributed by atoms with Crippen LogP contribution in [0.15, 0.2) is 0 Å². The number of carbonyl (C=O) groups excluding carboxylic acids is 1. The highest BCUT2D eigenvalue weighted by Crippen LogP contribution is 2.39. The molecule has 4 fully saturated rings. The summed E-state index contributed by atoms with van der Waals surface area (Å²) in [6, 6.07) is -2.68. The van der Waals surface area contributed by atoms with E-state index in [2.05, 4.69) is 5.32 Å². The van der Waals surface area contributed by atoms with Crippen molar-refractivity contribution >= 4 is 5.78 Å². The van der Waals surface area contributed by atoms with Gasteiger partial charge in [0.05, 0.1) is 24.9 Å². The van der Waals surface area contributed by atoms with Crippen LogP contribution in [0.2, 0.25) is 0 Å². The van der Waals surface area contributed by atoms with Gasteiger partial charge < -0.3 is 93.2 Å². The second-order valence-corrected chi connectivity index (χ2v) is 13.4. The Morgan fingerprint density at radius 1 is 0.872 bits per heavy atom. The third-order valence-electron chi connectivity index (χ3n) is 9.71. The van der Waals surface area contributed by atoms with Crippen LogP contribution in [0.4, 0.5) is 0 Å². The first-order valence-electron chi connectivity index (χ1n) is 16.0. The third kappa shape index (κ3) is 8.64. The molecule has 0 aromatic heterocycles. The Morgan fingerprint density at radius 3 is 2.11 bits per heavy atom. The van der Waals surface area contributed by atoms with Crippen molar-refractivity contribution in [2.24, 2.45) is 28.9 Å². The van der Waals surface area contributed by atoms with Crippen molar-refractivity contribution in [2.75, 3.05) is 26.2 Å². The number of aliphatic hydroxyl groups is 9. The van der Waals surface area contributed by atoms with Crippen molar-refractivity contribution in [2.45, 2.75) is 136 Å². The predicted octanol–water partition coefficient (Wildman–Crippen LogP) is -7.85. The van der Waals surface area contributed by atoms with E-state index in [-0.39, 0.29) is 51.4 Å². The summed E-state index contributed by atoms with van der Waals surface area (Å²) in [6.07, 6.45) is -18.8. The molecule has 2 aliphatic heterocycles. The second-order valence-electron chi connectivity index (χ2n) is 13.4. The summed E-state index contributed by atoms with van der Waals surface area (Å²) in [5, 5.41) is 97.6. The molecule has 0 aromatic carbocycles. The summed E-state index contributed by atoms with van der Waals surface area (Å²) in [7, 11) is 0. The van der Waals surface area contributed by atoms with Gasteiger partial charge in [-0.15, -0.1) is 0 Å². The number of nitrogens with one attached hydrogen (secondary N) is 1. The highest BCUT2D eigenvalue weighted by atomic mass is 16.7. The van der Waals surface area contributed by atoms with E-state index in [0.29, 0.717) is 6.42 Å². The molecule has 0 aromatic rings. The number of hydrogen-bond donors (Lipinski definition) is 14. The molecule has 0 bridgehead atoms. The summed E-state index contributed by atoms with van der Waals surface area (Å²) in [5.41, 5.74) is 21.9. The van der Waals surface area contributed by atoms with Crippen LogP contribution in [0.3, 0.4) is 0 Å². The lowest BCUT2D eigenvalue weighted by atomic mass is 9.69. The van der Waals surface area contributed by atoms with Gasteiger partial charge in [-0.2, -0.15) is 0 Å². The SMILES string of the molecule is NCCC(O)CNC[C@H]1O[C@H](OC2[C@@H](N)C[C@@H](CC(=O)C3(O)CC(N)C3)[C@H](O[C@H]3O[C@H](CO)[C@@H](O)[C@H](N)[C@H]3O)[C@H]2O)[C@H](O)[C@@H](O)[C@@H]1O. The fraction of sp³-hybridized carbons (Fsp3) is 0.964. The minimum absolute atomic E-state index is 0.0425. The average molecular weight is 684 g/mol. The normalized spacial score (nSPS) is 48.1. The van der Waals surface area contributed by atoms with Crippen LogP contribution in [0.5, 0.6) is 0 Å². The fourth-order valence-electron chi connectivity index (χ4n) is 6.80. The van der Waals surface area contributed by atoms with E-state index < -0.39 is 116 Å². The molecule has 2 unspecified atom stereocenters. The zero-order valence-corrected chi connectivity index (χ0v) is 26.1. The number of carbonyl (C=O) groups is 1. The van der Waals surface area contributed by atoms with Crippen molar-refractivity contribution in [3.8, 4) is 0 Å². The maximum absolute atomic E-state index is 13.2. The van der Waals surface area contributed by atoms with E-state index in [1.54, 1.807) is 0 Å². The Morgan fingerprint density at radius 2 is 1.49 bits per heavy atom. The molecule has 19 nitrogen and oxygen atoms in total. The Balaban J connectivity index is 1.52. The Kier molecular flexibility index (Phi) is 13.5. The lowest BCUT2D eigenvalue weighted by Crippen LogP contribution is -2.67. The number of nitrogens with two attached hydrogens (primary N) is 4. The molecule has 274 valence electrons. The fourth-order valence-corrected chi connectivity index (χ4v) is 6.80. The van der Waals surface area contributed by atoms with Crippen LogP contribution < -0.4 is 28.3 Å². The molecule has 47 heavy (non-hydrogen) atoms. The van der Waals surface area contributed by atoms with Gasteiger partial charge in [0.15, 0.2) is 18.4 Å². The lowest BCUT2D eigenvalue weighted by molar-refractivity contribution is -0.335. The van der Waals surface area contributed by atoms with Gasteiger partial charge in [-0.05, 0) is 38.1 Å². The highest BCUT2D eigenvalue weighted by molar-refractivity contribution is 5.88. The first-order chi connectivity index (χ1) is 22.1. The number of ketones is 1. The molecule has 2 heterocycles. The third-order valence-corrected chi connectivity index (χ3v) is 9.71. The molecule has 16 atom stereocenters. The van der Waals surface area contributed by atoms with Crippen LogP contribution in [-0.4, -0.2) is 181 Å². The monoisotopic (exact) mass is 683 g/mol. The lowest BCUT2D eigenvalue weighted by Gasteiger charge is -2.49. The Labute approximate surface area is 271 Å². The zero-order valence-electron chi connectivity index (χ0n) is 26.1. The van der Waals surface area contributed by atoms with E-state index in [9.17, 15) is 50.8 Å². The van der Waals surface area contributed by atoms with Crippen molar-refractivity contribution in [1.29, 1.82) is 0 Å². The van der Waals surface area contributed by atoms with Crippen molar-refractivity contribution in [1.82, 2.24) is 5.32 Å². The topological polar surface area (TPSA) is 352 Å². The van der Waals surface area contributed by atoms with Crippen LogP contribution in [-0.2, 0) is 23.7 Å². The number of aliphatic hydroxyl groups excluding tert-OH is 8. The highest BCUT2D eigenvalue weighted by Gasteiger charge is 2.54. The number of rotatable bonds is 14. The molecular formula is C28H53N5O14. The first kappa shape index (κ1) is 38.7. The van der Waals surface area contributed by atoms with Gasteiger partial charge >= 0.3 is 0 Å². The second kappa shape index (κ2) is 16.3.